The molecule has 180 valence electrons. The molecule has 5 nitrogen and oxygen atoms in total. The second-order valence-electron chi connectivity index (χ2n) is 8.05. The van der Waals surface area contributed by atoms with E-state index in [1.165, 1.54) is 17.8 Å². The summed E-state index contributed by atoms with van der Waals surface area (Å²) in [6, 6.07) is 23.8. The maximum absolute atomic E-state index is 14.0. The van der Waals surface area contributed by atoms with Gasteiger partial charge >= 0.3 is 0 Å². The number of amides is 1. The quantitative estimate of drug-likeness (QED) is 0.208. The lowest BCUT2D eigenvalue weighted by molar-refractivity contribution is -0.121. The van der Waals surface area contributed by atoms with Gasteiger partial charge in [-0.05, 0) is 43.3 Å². The number of thiocarbonyl (C=S) groups is 1. The molecule has 0 unspecified atom stereocenters. The van der Waals surface area contributed by atoms with Gasteiger partial charge in [-0.3, -0.25) is 9.69 Å². The molecule has 36 heavy (non-hydrogen) atoms. The van der Waals surface area contributed by atoms with Gasteiger partial charge in [0.15, 0.2) is 0 Å². The van der Waals surface area contributed by atoms with Crippen molar-refractivity contribution in [3.63, 3.8) is 0 Å². The summed E-state index contributed by atoms with van der Waals surface area (Å²) in [4.78, 5) is 15.0. The van der Waals surface area contributed by atoms with Crippen LogP contribution in [0.5, 0.6) is 5.75 Å². The third kappa shape index (κ3) is 4.96. The number of thioether (sulfide) groups is 1. The van der Waals surface area contributed by atoms with Gasteiger partial charge in [-0.25, -0.2) is 9.07 Å². The van der Waals surface area contributed by atoms with Crippen molar-refractivity contribution in [1.82, 2.24) is 14.7 Å². The molecule has 0 aliphatic carbocycles. The minimum absolute atomic E-state index is 0.104. The van der Waals surface area contributed by atoms with Crippen molar-refractivity contribution in [3.8, 4) is 22.7 Å². The van der Waals surface area contributed by atoms with E-state index in [9.17, 15) is 9.18 Å². The molecule has 1 aliphatic heterocycles. The molecule has 1 fully saturated rings. The van der Waals surface area contributed by atoms with Crippen LogP contribution in [0.1, 0.15) is 18.1 Å². The standard InChI is InChI=1S/C28H22FN3O2S2/c1-2-31-27(33)25(36-28(31)35)16-21-17-32(22-11-4-3-5-12-22)30-26(21)19-10-8-13-23(15-19)34-18-20-9-6-7-14-24(20)29/h3-17H,2,18H2,1H3/b25-16-. The molecule has 3 aromatic carbocycles. The number of hydrogen-bond donors (Lipinski definition) is 0. The van der Waals surface area contributed by atoms with Gasteiger partial charge in [-0.1, -0.05) is 72.5 Å². The van der Waals surface area contributed by atoms with Crippen LogP contribution < -0.4 is 4.74 Å². The maximum Gasteiger partial charge on any atom is 0.266 e. The summed E-state index contributed by atoms with van der Waals surface area (Å²) in [6.45, 7) is 2.54. The highest BCUT2D eigenvalue weighted by Gasteiger charge is 2.31. The molecule has 0 N–H and O–H groups in total. The Bertz CT molecular complexity index is 1470. The number of carbonyl (C=O) groups excluding carboxylic acids is 1. The van der Waals surface area contributed by atoms with Crippen LogP contribution in [0.2, 0.25) is 0 Å². The van der Waals surface area contributed by atoms with Gasteiger partial charge in [-0.15, -0.1) is 0 Å². The fourth-order valence-electron chi connectivity index (χ4n) is 3.85. The molecule has 1 aromatic heterocycles. The highest BCUT2D eigenvalue weighted by molar-refractivity contribution is 8.26. The van der Waals surface area contributed by atoms with Gasteiger partial charge in [0.2, 0.25) is 0 Å². The first kappa shape index (κ1) is 24.0. The molecule has 0 radical (unpaired) electrons. The number of ether oxygens (including phenoxy) is 1. The van der Waals surface area contributed by atoms with Crippen molar-refractivity contribution in [1.29, 1.82) is 0 Å². The summed E-state index contributed by atoms with van der Waals surface area (Å²) in [6.07, 6.45) is 3.74. The lowest BCUT2D eigenvalue weighted by atomic mass is 10.1. The molecular weight excluding hydrogens is 493 g/mol. The summed E-state index contributed by atoms with van der Waals surface area (Å²) < 4.78 is 22.2. The van der Waals surface area contributed by atoms with E-state index >= 15 is 0 Å². The smallest absolute Gasteiger partial charge is 0.266 e. The largest absolute Gasteiger partial charge is 0.489 e. The first-order valence-corrected chi connectivity index (χ1v) is 12.6. The Kier molecular flexibility index (Phi) is 6.97. The number of likely N-dealkylation sites (N-methyl/N-ethyl adjacent to an activating group) is 1. The average Bonchev–Trinajstić information content (AvgIpc) is 3.44. The first-order chi connectivity index (χ1) is 17.5. The number of hydrogen-bond acceptors (Lipinski definition) is 5. The molecule has 1 amide bonds. The Balaban J connectivity index is 1.51. The Labute approximate surface area is 218 Å². The Hall–Kier alpha value is -3.75. The van der Waals surface area contributed by atoms with Crippen LogP contribution >= 0.6 is 24.0 Å². The summed E-state index contributed by atoms with van der Waals surface area (Å²) in [5.74, 6) is 0.183. The number of halogens is 1. The fourth-order valence-corrected chi connectivity index (χ4v) is 5.23. The lowest BCUT2D eigenvalue weighted by Crippen LogP contribution is -2.27. The number of carbonyl (C=O) groups is 1. The Morgan fingerprint density at radius 3 is 2.58 bits per heavy atom. The van der Waals surface area contributed by atoms with Crippen LogP contribution in [-0.4, -0.2) is 31.5 Å². The second-order valence-corrected chi connectivity index (χ2v) is 9.72. The van der Waals surface area contributed by atoms with Crippen LogP contribution in [0, 0.1) is 5.82 Å². The van der Waals surface area contributed by atoms with E-state index in [0.717, 1.165) is 16.8 Å². The first-order valence-electron chi connectivity index (χ1n) is 11.4. The molecule has 2 heterocycles. The van der Waals surface area contributed by atoms with E-state index in [-0.39, 0.29) is 18.3 Å². The van der Waals surface area contributed by atoms with Crippen molar-refractivity contribution < 1.29 is 13.9 Å². The molecular formula is C28H22FN3O2S2. The predicted molar refractivity (Wildman–Crippen MR) is 145 cm³/mol. The van der Waals surface area contributed by atoms with Crippen molar-refractivity contribution in [2.75, 3.05) is 6.54 Å². The van der Waals surface area contributed by atoms with Crippen LogP contribution in [0.4, 0.5) is 4.39 Å². The minimum Gasteiger partial charge on any atom is -0.489 e. The van der Waals surface area contributed by atoms with Crippen LogP contribution in [0.15, 0.2) is 90.0 Å². The molecule has 1 aliphatic rings. The number of benzene rings is 3. The van der Waals surface area contributed by atoms with Gasteiger partial charge in [0.05, 0.1) is 10.6 Å². The summed E-state index contributed by atoms with van der Waals surface area (Å²) in [5.41, 5.74) is 3.66. The number of rotatable bonds is 7. The second kappa shape index (κ2) is 10.5. The molecule has 0 bridgehead atoms. The van der Waals surface area contributed by atoms with Gasteiger partial charge in [-0.2, -0.15) is 5.10 Å². The monoisotopic (exact) mass is 515 g/mol. The molecule has 0 atom stereocenters. The third-order valence-electron chi connectivity index (χ3n) is 5.70. The molecule has 0 spiro atoms. The van der Waals surface area contributed by atoms with E-state index in [2.05, 4.69) is 0 Å². The topological polar surface area (TPSA) is 47.4 Å². The number of nitrogens with zero attached hydrogens (tertiary/aromatic N) is 3. The highest BCUT2D eigenvalue weighted by atomic mass is 32.2. The zero-order valence-corrected chi connectivity index (χ0v) is 21.1. The number of aromatic nitrogens is 2. The molecule has 0 saturated carbocycles. The van der Waals surface area contributed by atoms with E-state index < -0.39 is 0 Å². The fraction of sp³-hybridized carbons (Fsp3) is 0.107. The van der Waals surface area contributed by atoms with E-state index in [1.54, 1.807) is 27.8 Å². The van der Waals surface area contributed by atoms with Crippen molar-refractivity contribution in [2.24, 2.45) is 0 Å². The molecule has 5 rings (SSSR count). The van der Waals surface area contributed by atoms with Crippen LogP contribution in [0.3, 0.4) is 0 Å². The Morgan fingerprint density at radius 1 is 1.06 bits per heavy atom. The van der Waals surface area contributed by atoms with Crippen molar-refractivity contribution in [3.05, 3.63) is 107 Å². The van der Waals surface area contributed by atoms with Crippen LogP contribution in [-0.2, 0) is 11.4 Å². The Morgan fingerprint density at radius 2 is 1.83 bits per heavy atom. The van der Waals surface area contributed by atoms with E-state index in [4.69, 9.17) is 22.1 Å². The van der Waals surface area contributed by atoms with Crippen molar-refractivity contribution >= 4 is 40.3 Å². The van der Waals surface area contributed by atoms with E-state index in [0.29, 0.717) is 32.8 Å². The zero-order chi connectivity index (χ0) is 25.1. The maximum atomic E-state index is 14.0. The van der Waals surface area contributed by atoms with Gasteiger partial charge in [0.1, 0.15) is 28.2 Å². The summed E-state index contributed by atoms with van der Waals surface area (Å²) in [5, 5.41) is 4.84. The predicted octanol–water partition coefficient (Wildman–Crippen LogP) is 6.48. The lowest BCUT2D eigenvalue weighted by Gasteiger charge is -2.09. The number of para-hydroxylation sites is 1. The van der Waals surface area contributed by atoms with Crippen molar-refractivity contribution in [2.45, 2.75) is 13.5 Å². The van der Waals surface area contributed by atoms with Gasteiger partial charge in [0.25, 0.3) is 5.91 Å². The zero-order valence-electron chi connectivity index (χ0n) is 19.4. The third-order valence-corrected chi connectivity index (χ3v) is 7.08. The van der Waals surface area contributed by atoms with Crippen LogP contribution in [0.25, 0.3) is 23.0 Å². The SMILES string of the molecule is CCN1C(=O)/C(=C/c2cn(-c3ccccc3)nc2-c2cccc(OCc3ccccc3F)c2)SC1=S. The molecule has 4 aromatic rings. The molecule has 1 saturated heterocycles. The van der Waals surface area contributed by atoms with E-state index in [1.807, 2.05) is 73.8 Å². The average molecular weight is 516 g/mol. The normalized spacial score (nSPS) is 14.6. The summed E-state index contributed by atoms with van der Waals surface area (Å²) in [7, 11) is 0. The summed E-state index contributed by atoms with van der Waals surface area (Å²) >= 11 is 6.67. The minimum atomic E-state index is -0.304. The molecule has 8 heteroatoms. The van der Waals surface area contributed by atoms with Gasteiger partial charge < -0.3 is 4.74 Å². The van der Waals surface area contributed by atoms with Gasteiger partial charge in [0, 0.05) is 29.4 Å². The highest BCUT2D eigenvalue weighted by Crippen LogP contribution is 2.35.